The zero-order chi connectivity index (χ0) is 19.5. The zero-order valence-corrected chi connectivity index (χ0v) is 16.2. The van der Waals surface area contributed by atoms with Crippen molar-refractivity contribution < 1.29 is 4.79 Å². The summed E-state index contributed by atoms with van der Waals surface area (Å²) in [7, 11) is 1.91. The van der Waals surface area contributed by atoms with Crippen molar-refractivity contribution in [2.45, 2.75) is 17.3 Å². The maximum Gasteiger partial charge on any atom is 0.275 e. The molecule has 0 saturated carbocycles. The fourth-order valence-corrected chi connectivity index (χ4v) is 3.64. The van der Waals surface area contributed by atoms with Crippen molar-refractivity contribution in [3.05, 3.63) is 72.3 Å². The number of rotatable bonds is 5. The quantitative estimate of drug-likeness (QED) is 0.521. The van der Waals surface area contributed by atoms with Gasteiger partial charge in [-0.1, -0.05) is 36.0 Å². The largest absolute Gasteiger partial charge is 0.321 e. The lowest BCUT2D eigenvalue weighted by Gasteiger charge is -2.13. The number of nitrogens with one attached hydrogen (secondary N) is 1. The highest BCUT2D eigenvalue weighted by Gasteiger charge is 2.14. The van der Waals surface area contributed by atoms with Gasteiger partial charge in [0.25, 0.3) is 5.91 Å². The molecule has 1 N–H and O–H groups in total. The molecule has 0 fully saturated rings. The van der Waals surface area contributed by atoms with Crippen molar-refractivity contribution in [2.75, 3.05) is 5.32 Å². The van der Waals surface area contributed by atoms with Crippen LogP contribution in [0.5, 0.6) is 0 Å². The van der Waals surface area contributed by atoms with Gasteiger partial charge in [-0.25, -0.2) is 4.98 Å². The second kappa shape index (κ2) is 7.77. The molecule has 140 valence electrons. The number of hydrogen-bond acceptors (Lipinski definition) is 6. The van der Waals surface area contributed by atoms with Gasteiger partial charge in [-0.3, -0.25) is 9.78 Å². The summed E-state index contributed by atoms with van der Waals surface area (Å²) in [5.74, 6) is -0.288. The lowest BCUT2D eigenvalue weighted by molar-refractivity contribution is 0.102. The number of aromatic nitrogens is 5. The number of nitrogens with zero attached hydrogens (tertiary/aromatic N) is 5. The number of carbonyl (C=O) groups is 1. The van der Waals surface area contributed by atoms with E-state index in [1.165, 1.54) is 6.20 Å². The third kappa shape index (κ3) is 3.86. The van der Waals surface area contributed by atoms with Crippen molar-refractivity contribution in [2.24, 2.45) is 7.05 Å². The molecular formula is C20H18N6OS. The van der Waals surface area contributed by atoms with Crippen LogP contribution in [0.15, 0.2) is 66.2 Å². The van der Waals surface area contributed by atoms with E-state index in [0.29, 0.717) is 11.2 Å². The predicted octanol–water partition coefficient (Wildman–Crippen LogP) is 3.86. The average Bonchev–Trinajstić information content (AvgIpc) is 3.12. The van der Waals surface area contributed by atoms with Gasteiger partial charge in [0.2, 0.25) is 0 Å². The van der Waals surface area contributed by atoms with Crippen LogP contribution in [0.1, 0.15) is 28.2 Å². The Kier molecular flexibility index (Phi) is 5.03. The van der Waals surface area contributed by atoms with Crippen LogP contribution in [0, 0.1) is 0 Å². The molecule has 7 nitrogen and oxygen atoms in total. The third-order valence-corrected chi connectivity index (χ3v) is 5.45. The monoisotopic (exact) mass is 390 g/mol. The minimum absolute atomic E-state index is 0.153. The first kappa shape index (κ1) is 18.1. The highest BCUT2D eigenvalue weighted by molar-refractivity contribution is 7.99. The van der Waals surface area contributed by atoms with Crippen LogP contribution >= 0.6 is 11.8 Å². The molecule has 4 rings (SSSR count). The first-order chi connectivity index (χ1) is 13.6. The minimum Gasteiger partial charge on any atom is -0.321 e. The molecule has 0 bridgehead atoms. The maximum absolute atomic E-state index is 12.6. The van der Waals surface area contributed by atoms with Crippen molar-refractivity contribution in [3.8, 4) is 0 Å². The van der Waals surface area contributed by atoms with Gasteiger partial charge in [-0.05, 0) is 36.8 Å². The first-order valence-electron chi connectivity index (χ1n) is 8.74. The lowest BCUT2D eigenvalue weighted by Crippen LogP contribution is -2.14. The standard InChI is InChI=1S/C20H18N6OS/c1-13(28-20-25-22-12-26(20)2)14-6-5-7-15(10-14)23-19(27)18-11-21-16-8-3-4-9-17(16)24-18/h3-13H,1-2H3,(H,23,27). The van der Waals surface area contributed by atoms with Crippen molar-refractivity contribution in [1.29, 1.82) is 0 Å². The third-order valence-electron chi connectivity index (χ3n) is 4.25. The Labute approximate surface area is 166 Å². The van der Waals surface area contributed by atoms with E-state index in [-0.39, 0.29) is 16.9 Å². The lowest BCUT2D eigenvalue weighted by atomic mass is 10.1. The Hall–Kier alpha value is -3.26. The summed E-state index contributed by atoms with van der Waals surface area (Å²) in [6.07, 6.45) is 3.17. The topological polar surface area (TPSA) is 85.6 Å². The number of aryl methyl sites for hydroxylation is 1. The van der Waals surface area contributed by atoms with Gasteiger partial charge < -0.3 is 9.88 Å². The van der Waals surface area contributed by atoms with E-state index in [1.54, 1.807) is 18.1 Å². The van der Waals surface area contributed by atoms with Crippen LogP contribution < -0.4 is 5.32 Å². The van der Waals surface area contributed by atoms with Gasteiger partial charge in [0.15, 0.2) is 5.16 Å². The van der Waals surface area contributed by atoms with E-state index in [2.05, 4.69) is 32.4 Å². The fourth-order valence-electron chi connectivity index (χ4n) is 2.74. The number of anilines is 1. The first-order valence-corrected chi connectivity index (χ1v) is 9.62. The van der Waals surface area contributed by atoms with Crippen LogP contribution in [-0.4, -0.2) is 30.6 Å². The molecule has 8 heteroatoms. The predicted molar refractivity (Wildman–Crippen MR) is 109 cm³/mol. The Balaban J connectivity index is 1.50. The Morgan fingerprint density at radius 2 is 1.96 bits per heavy atom. The number of hydrogen-bond donors (Lipinski definition) is 1. The Bertz CT molecular complexity index is 1140. The number of fused-ring (bicyclic) bond motifs is 1. The molecule has 0 aliphatic carbocycles. The van der Waals surface area contributed by atoms with Crippen LogP contribution in [0.4, 0.5) is 5.69 Å². The second-order valence-corrected chi connectivity index (χ2v) is 7.62. The molecule has 28 heavy (non-hydrogen) atoms. The van der Waals surface area contributed by atoms with Crippen LogP contribution in [0.3, 0.4) is 0 Å². The number of thioether (sulfide) groups is 1. The average molecular weight is 390 g/mol. The molecule has 2 heterocycles. The van der Waals surface area contributed by atoms with Gasteiger partial charge in [0.1, 0.15) is 12.0 Å². The van der Waals surface area contributed by atoms with E-state index in [9.17, 15) is 4.79 Å². The fraction of sp³-hybridized carbons (Fsp3) is 0.150. The van der Waals surface area contributed by atoms with E-state index in [4.69, 9.17) is 0 Å². The maximum atomic E-state index is 12.6. The SMILES string of the molecule is CC(Sc1nncn1C)c1cccc(NC(=O)c2cnc3ccccc3n2)c1. The summed E-state index contributed by atoms with van der Waals surface area (Å²) in [5, 5.41) is 11.9. The molecule has 0 saturated heterocycles. The number of para-hydroxylation sites is 2. The summed E-state index contributed by atoms with van der Waals surface area (Å²) in [4.78, 5) is 21.3. The van der Waals surface area contributed by atoms with Crippen LogP contribution in [0.2, 0.25) is 0 Å². The summed E-state index contributed by atoms with van der Waals surface area (Å²) in [6.45, 7) is 2.09. The second-order valence-electron chi connectivity index (χ2n) is 6.31. The molecule has 2 aromatic carbocycles. The van der Waals surface area contributed by atoms with Gasteiger partial charge >= 0.3 is 0 Å². The molecule has 1 unspecified atom stereocenters. The van der Waals surface area contributed by atoms with Crippen molar-refractivity contribution in [3.63, 3.8) is 0 Å². The van der Waals surface area contributed by atoms with Crippen molar-refractivity contribution in [1.82, 2.24) is 24.7 Å². The molecular weight excluding hydrogens is 372 g/mol. The van der Waals surface area contributed by atoms with Gasteiger partial charge in [-0.2, -0.15) is 0 Å². The van der Waals surface area contributed by atoms with E-state index in [1.807, 2.05) is 60.1 Å². The summed E-state index contributed by atoms with van der Waals surface area (Å²) < 4.78 is 1.88. The van der Waals surface area contributed by atoms with E-state index >= 15 is 0 Å². The zero-order valence-electron chi connectivity index (χ0n) is 15.4. The van der Waals surface area contributed by atoms with E-state index in [0.717, 1.165) is 16.2 Å². The number of carbonyl (C=O) groups excluding carboxylic acids is 1. The van der Waals surface area contributed by atoms with Crippen LogP contribution in [0.25, 0.3) is 11.0 Å². The van der Waals surface area contributed by atoms with Gasteiger partial charge in [-0.15, -0.1) is 10.2 Å². The smallest absolute Gasteiger partial charge is 0.275 e. The summed E-state index contributed by atoms with van der Waals surface area (Å²) in [5.41, 5.74) is 3.53. The molecule has 1 atom stereocenters. The molecule has 0 spiro atoms. The van der Waals surface area contributed by atoms with E-state index < -0.39 is 0 Å². The molecule has 0 radical (unpaired) electrons. The molecule has 1 amide bonds. The summed E-state index contributed by atoms with van der Waals surface area (Å²) in [6, 6.07) is 15.2. The minimum atomic E-state index is -0.288. The Morgan fingerprint density at radius 1 is 1.14 bits per heavy atom. The molecule has 2 aromatic heterocycles. The highest BCUT2D eigenvalue weighted by Crippen LogP contribution is 2.34. The normalized spacial score (nSPS) is 12.1. The van der Waals surface area contributed by atoms with Gasteiger partial charge in [0.05, 0.1) is 17.2 Å². The number of benzene rings is 2. The van der Waals surface area contributed by atoms with Gasteiger partial charge in [0, 0.05) is 18.0 Å². The molecule has 4 aromatic rings. The Morgan fingerprint density at radius 3 is 2.75 bits per heavy atom. The van der Waals surface area contributed by atoms with Crippen LogP contribution in [-0.2, 0) is 7.05 Å². The number of amides is 1. The molecule has 0 aliphatic heterocycles. The highest BCUT2D eigenvalue weighted by atomic mass is 32.2. The van der Waals surface area contributed by atoms with Crippen molar-refractivity contribution >= 4 is 34.4 Å². The summed E-state index contributed by atoms with van der Waals surface area (Å²) >= 11 is 1.61. The molecule has 0 aliphatic rings.